The third-order valence-corrected chi connectivity index (χ3v) is 8.08. The second-order valence-electron chi connectivity index (χ2n) is 11.0. The molecule has 0 amide bonds. The van der Waals surface area contributed by atoms with Gasteiger partial charge in [0.2, 0.25) is 5.71 Å². The molecular weight excluding hydrogens is 448 g/mol. The standard InChI is InChI=1S/C31H38N2O3/c1-22(2)30(34)36-31(20-26-11-12-27(31)19-28(26)24-9-5-4-6-10-24)14-16-33(3)15-7-8-23-18-25-13-17-35-29(25)32-21-23/h4-6,9-10,13,17-19,21-22,26-27H,7-8,11-12,14-16,20H2,1-3H3. The number of allylic oxidation sites excluding steroid dienone is 1. The van der Waals surface area contributed by atoms with Crippen molar-refractivity contribution in [2.24, 2.45) is 17.8 Å². The van der Waals surface area contributed by atoms with Crippen molar-refractivity contribution in [1.82, 2.24) is 9.88 Å². The predicted octanol–water partition coefficient (Wildman–Crippen LogP) is 6.53. The van der Waals surface area contributed by atoms with Crippen LogP contribution in [0.4, 0.5) is 0 Å². The monoisotopic (exact) mass is 486 g/mol. The van der Waals surface area contributed by atoms with Crippen LogP contribution in [-0.4, -0.2) is 41.6 Å². The van der Waals surface area contributed by atoms with E-state index in [2.05, 4.69) is 59.4 Å². The van der Waals surface area contributed by atoms with E-state index in [9.17, 15) is 4.79 Å². The summed E-state index contributed by atoms with van der Waals surface area (Å²) in [7, 11) is 2.18. The molecule has 1 aromatic carbocycles. The Labute approximate surface area is 214 Å². The van der Waals surface area contributed by atoms with Gasteiger partial charge in [0.05, 0.1) is 12.2 Å². The molecule has 5 heteroatoms. The smallest absolute Gasteiger partial charge is 0.308 e. The fourth-order valence-corrected chi connectivity index (χ4v) is 5.99. The van der Waals surface area contributed by atoms with E-state index < -0.39 is 5.60 Å². The van der Waals surface area contributed by atoms with Crippen LogP contribution in [0.15, 0.2) is 65.4 Å². The summed E-state index contributed by atoms with van der Waals surface area (Å²) in [6.07, 6.45) is 12.2. The average Bonchev–Trinajstić information content (AvgIpc) is 3.36. The molecule has 6 rings (SSSR count). The van der Waals surface area contributed by atoms with E-state index in [4.69, 9.17) is 9.15 Å². The second-order valence-corrected chi connectivity index (χ2v) is 11.0. The molecule has 0 N–H and O–H groups in total. The molecule has 0 spiro atoms. The summed E-state index contributed by atoms with van der Waals surface area (Å²) in [5.41, 5.74) is 4.30. The Morgan fingerprint density at radius 3 is 2.78 bits per heavy atom. The number of benzene rings is 1. The van der Waals surface area contributed by atoms with Gasteiger partial charge in [-0.25, -0.2) is 4.98 Å². The predicted molar refractivity (Wildman–Crippen MR) is 143 cm³/mol. The fraction of sp³-hybridized carbons (Fsp3) is 0.484. The Morgan fingerprint density at radius 1 is 1.19 bits per heavy atom. The molecule has 3 aliphatic carbocycles. The number of aromatic nitrogens is 1. The van der Waals surface area contributed by atoms with E-state index in [1.54, 1.807) is 6.26 Å². The minimum absolute atomic E-state index is 0.0676. The fourth-order valence-electron chi connectivity index (χ4n) is 5.99. The zero-order chi connectivity index (χ0) is 25.1. The quantitative estimate of drug-likeness (QED) is 0.305. The molecule has 5 nitrogen and oxygen atoms in total. The molecule has 1 fully saturated rings. The number of pyridine rings is 1. The summed E-state index contributed by atoms with van der Waals surface area (Å²) >= 11 is 0. The normalized spacial score (nSPS) is 23.4. The second kappa shape index (κ2) is 10.6. The topological polar surface area (TPSA) is 55.6 Å². The maximum absolute atomic E-state index is 12.8. The van der Waals surface area contributed by atoms with Gasteiger partial charge in [-0.3, -0.25) is 4.79 Å². The van der Waals surface area contributed by atoms with Gasteiger partial charge in [0.1, 0.15) is 5.60 Å². The Kier molecular flexibility index (Phi) is 7.29. The largest absolute Gasteiger partial charge is 0.458 e. The van der Waals surface area contributed by atoms with Crippen LogP contribution in [0.5, 0.6) is 0 Å². The molecule has 0 aliphatic heterocycles. The summed E-state index contributed by atoms with van der Waals surface area (Å²) in [4.78, 5) is 19.6. The molecule has 0 saturated heterocycles. The highest BCUT2D eigenvalue weighted by molar-refractivity contribution is 5.74. The summed E-state index contributed by atoms with van der Waals surface area (Å²) in [5.74, 6) is 0.551. The first-order valence-electron chi connectivity index (χ1n) is 13.4. The third kappa shape index (κ3) is 5.27. The molecule has 3 aromatic rings. The number of carbonyl (C=O) groups is 1. The van der Waals surface area contributed by atoms with Crippen molar-refractivity contribution in [1.29, 1.82) is 0 Å². The van der Waals surface area contributed by atoms with Crippen LogP contribution in [0, 0.1) is 17.8 Å². The Balaban J connectivity index is 1.23. The number of fused-ring (bicyclic) bond motifs is 3. The van der Waals surface area contributed by atoms with Crippen molar-refractivity contribution in [3.05, 3.63) is 72.1 Å². The van der Waals surface area contributed by atoms with Crippen LogP contribution < -0.4 is 0 Å². The van der Waals surface area contributed by atoms with Crippen LogP contribution in [0.25, 0.3) is 16.7 Å². The van der Waals surface area contributed by atoms with Crippen molar-refractivity contribution < 1.29 is 13.9 Å². The Bertz CT molecular complexity index is 1210. The lowest BCUT2D eigenvalue weighted by Crippen LogP contribution is -2.51. The van der Waals surface area contributed by atoms with Gasteiger partial charge in [-0.1, -0.05) is 50.3 Å². The third-order valence-electron chi connectivity index (χ3n) is 8.08. The first-order chi connectivity index (χ1) is 17.4. The highest BCUT2D eigenvalue weighted by Gasteiger charge is 2.50. The molecule has 0 radical (unpaired) electrons. The van der Waals surface area contributed by atoms with Gasteiger partial charge in [-0.2, -0.15) is 0 Å². The zero-order valence-corrected chi connectivity index (χ0v) is 21.8. The summed E-state index contributed by atoms with van der Waals surface area (Å²) in [6, 6.07) is 14.9. The summed E-state index contributed by atoms with van der Waals surface area (Å²) < 4.78 is 11.7. The number of rotatable bonds is 10. The zero-order valence-electron chi connectivity index (χ0n) is 21.8. The molecule has 2 heterocycles. The summed E-state index contributed by atoms with van der Waals surface area (Å²) in [6.45, 7) is 5.79. The van der Waals surface area contributed by atoms with Gasteiger partial charge in [-0.15, -0.1) is 0 Å². The van der Waals surface area contributed by atoms with E-state index in [1.807, 2.05) is 26.1 Å². The average molecular weight is 487 g/mol. The van der Waals surface area contributed by atoms with Crippen molar-refractivity contribution in [3.63, 3.8) is 0 Å². The molecule has 1 saturated carbocycles. The van der Waals surface area contributed by atoms with Gasteiger partial charge in [-0.05, 0) is 80.4 Å². The molecule has 2 aromatic heterocycles. The maximum atomic E-state index is 12.8. The SMILES string of the molecule is CC(C)C(=O)OC1(CCN(C)CCCc2cnc3occc3c2)CC2CCC1C=C2c1ccccc1. The minimum atomic E-state index is -0.396. The minimum Gasteiger partial charge on any atom is -0.458 e. The molecule has 190 valence electrons. The van der Waals surface area contributed by atoms with E-state index in [1.165, 1.54) is 23.1 Å². The van der Waals surface area contributed by atoms with Gasteiger partial charge in [0.15, 0.2) is 0 Å². The first-order valence-corrected chi connectivity index (χ1v) is 13.4. The highest BCUT2D eigenvalue weighted by atomic mass is 16.6. The Morgan fingerprint density at radius 2 is 2.03 bits per heavy atom. The van der Waals surface area contributed by atoms with Crippen molar-refractivity contribution >= 4 is 22.6 Å². The van der Waals surface area contributed by atoms with Crippen molar-refractivity contribution in [2.45, 2.75) is 58.0 Å². The molecular formula is C31H38N2O3. The van der Waals surface area contributed by atoms with Gasteiger partial charge < -0.3 is 14.1 Å². The number of hydrogen-bond acceptors (Lipinski definition) is 5. The lowest BCUT2D eigenvalue weighted by atomic mass is 9.60. The van der Waals surface area contributed by atoms with Crippen LogP contribution in [0.1, 0.15) is 57.1 Å². The van der Waals surface area contributed by atoms with E-state index in [-0.39, 0.29) is 17.8 Å². The number of esters is 1. The Hall–Kier alpha value is -2.92. The van der Waals surface area contributed by atoms with E-state index in [0.29, 0.717) is 11.6 Å². The lowest BCUT2D eigenvalue weighted by molar-refractivity contribution is -0.176. The molecule has 3 atom stereocenters. The number of furan rings is 1. The number of nitrogens with zero attached hydrogens (tertiary/aromatic N) is 2. The molecule has 2 bridgehead atoms. The first kappa shape index (κ1) is 24.8. The van der Waals surface area contributed by atoms with E-state index >= 15 is 0 Å². The van der Waals surface area contributed by atoms with Gasteiger partial charge in [0.25, 0.3) is 0 Å². The van der Waals surface area contributed by atoms with Gasteiger partial charge in [0, 0.05) is 30.5 Å². The number of aryl methyl sites for hydroxylation is 1. The molecule has 3 aliphatic rings. The van der Waals surface area contributed by atoms with Crippen molar-refractivity contribution in [2.75, 3.05) is 20.1 Å². The van der Waals surface area contributed by atoms with Crippen LogP contribution in [-0.2, 0) is 16.0 Å². The number of hydrogen-bond donors (Lipinski definition) is 0. The van der Waals surface area contributed by atoms with Crippen LogP contribution in [0.3, 0.4) is 0 Å². The molecule has 3 unspecified atom stereocenters. The van der Waals surface area contributed by atoms with E-state index in [0.717, 1.165) is 50.6 Å². The highest BCUT2D eigenvalue weighted by Crippen LogP contribution is 2.53. The van der Waals surface area contributed by atoms with Gasteiger partial charge >= 0.3 is 5.97 Å². The number of ether oxygens (including phenoxy) is 1. The lowest BCUT2D eigenvalue weighted by Gasteiger charge is -2.50. The summed E-state index contributed by atoms with van der Waals surface area (Å²) in [5, 5.41) is 1.06. The van der Waals surface area contributed by atoms with Crippen LogP contribution in [0.2, 0.25) is 0 Å². The maximum Gasteiger partial charge on any atom is 0.308 e. The van der Waals surface area contributed by atoms with Crippen molar-refractivity contribution in [3.8, 4) is 0 Å². The van der Waals surface area contributed by atoms with Crippen LogP contribution >= 0.6 is 0 Å². The molecule has 36 heavy (non-hydrogen) atoms. The number of carbonyl (C=O) groups excluding carboxylic acids is 1.